The van der Waals surface area contributed by atoms with Crippen LogP contribution in [0.5, 0.6) is 11.5 Å². The summed E-state index contributed by atoms with van der Waals surface area (Å²) in [5, 5.41) is 2.86. The molecule has 1 aromatic rings. The van der Waals surface area contributed by atoms with Crippen molar-refractivity contribution in [2.24, 2.45) is 0 Å². The fourth-order valence-electron chi connectivity index (χ4n) is 1.89. The quantitative estimate of drug-likeness (QED) is 0.899. The van der Waals surface area contributed by atoms with Crippen LogP contribution in [-0.2, 0) is 0 Å². The Morgan fingerprint density at radius 2 is 1.78 bits per heavy atom. The lowest BCUT2D eigenvalue weighted by molar-refractivity contribution is 0.101. The smallest absolute Gasteiger partial charge is 0.253 e. The highest BCUT2D eigenvalue weighted by Crippen LogP contribution is 2.32. The molecule has 0 radical (unpaired) electrons. The number of hydrogen-bond acceptors (Lipinski definition) is 3. The van der Waals surface area contributed by atoms with Crippen LogP contribution >= 0.6 is 0 Å². The molecule has 18 heavy (non-hydrogen) atoms. The number of rotatable bonds is 4. The third-order valence-electron chi connectivity index (χ3n) is 2.96. The van der Waals surface area contributed by atoms with Crippen molar-refractivity contribution in [2.75, 3.05) is 13.2 Å². The lowest BCUT2D eigenvalue weighted by Crippen LogP contribution is -2.34. The van der Waals surface area contributed by atoms with Gasteiger partial charge < -0.3 is 14.8 Å². The van der Waals surface area contributed by atoms with Gasteiger partial charge in [0.1, 0.15) is 13.2 Å². The van der Waals surface area contributed by atoms with E-state index in [2.05, 4.69) is 5.32 Å². The van der Waals surface area contributed by atoms with Gasteiger partial charge in [0.25, 0.3) is 6.43 Å². The van der Waals surface area contributed by atoms with E-state index in [9.17, 15) is 8.78 Å². The molecule has 1 N–H and O–H groups in total. The minimum absolute atomic E-state index is 0.162. The predicted octanol–water partition coefficient (Wildman–Crippen LogP) is 2.76. The summed E-state index contributed by atoms with van der Waals surface area (Å²) in [5.74, 6) is 1.39. The third kappa shape index (κ3) is 2.90. The van der Waals surface area contributed by atoms with E-state index in [1.807, 2.05) is 25.1 Å². The first-order valence-electron chi connectivity index (χ1n) is 6.01. The van der Waals surface area contributed by atoms with Crippen LogP contribution in [0.1, 0.15) is 25.5 Å². The standard InChI is InChI=1S/C13H17F2NO2/c1-8(16-9(2)13(14)15)10-3-4-11-12(7-10)18-6-5-17-11/h3-4,7-9,13,16H,5-6H2,1-2H3. The molecule has 0 bridgehead atoms. The largest absolute Gasteiger partial charge is 0.486 e. The summed E-state index contributed by atoms with van der Waals surface area (Å²) in [6.07, 6.45) is -2.37. The first-order chi connectivity index (χ1) is 8.58. The molecule has 0 fully saturated rings. The molecule has 5 heteroatoms. The first kappa shape index (κ1) is 13.1. The number of fused-ring (bicyclic) bond motifs is 1. The summed E-state index contributed by atoms with van der Waals surface area (Å²) < 4.78 is 35.8. The fraction of sp³-hybridized carbons (Fsp3) is 0.538. The molecule has 1 aromatic carbocycles. The Balaban J connectivity index is 2.08. The summed E-state index contributed by atoms with van der Waals surface area (Å²) in [7, 11) is 0. The van der Waals surface area contributed by atoms with Gasteiger partial charge in [-0.3, -0.25) is 0 Å². The molecule has 2 rings (SSSR count). The van der Waals surface area contributed by atoms with Gasteiger partial charge in [-0.15, -0.1) is 0 Å². The van der Waals surface area contributed by atoms with Crippen LogP contribution in [0.25, 0.3) is 0 Å². The van der Waals surface area contributed by atoms with Crippen molar-refractivity contribution in [1.82, 2.24) is 5.32 Å². The van der Waals surface area contributed by atoms with Crippen molar-refractivity contribution in [1.29, 1.82) is 0 Å². The van der Waals surface area contributed by atoms with Gasteiger partial charge in [0.05, 0.1) is 6.04 Å². The molecule has 3 nitrogen and oxygen atoms in total. The summed E-state index contributed by atoms with van der Waals surface area (Å²) >= 11 is 0. The second kappa shape index (κ2) is 5.52. The predicted molar refractivity (Wildman–Crippen MR) is 64.4 cm³/mol. The second-order valence-electron chi connectivity index (χ2n) is 4.41. The highest BCUT2D eigenvalue weighted by Gasteiger charge is 2.19. The van der Waals surface area contributed by atoms with E-state index >= 15 is 0 Å². The fourth-order valence-corrected chi connectivity index (χ4v) is 1.89. The normalized spacial score (nSPS) is 17.6. The van der Waals surface area contributed by atoms with Crippen LogP contribution < -0.4 is 14.8 Å². The molecular formula is C13H17F2NO2. The summed E-state index contributed by atoms with van der Waals surface area (Å²) in [6.45, 7) is 4.39. The summed E-state index contributed by atoms with van der Waals surface area (Å²) in [4.78, 5) is 0. The maximum Gasteiger partial charge on any atom is 0.253 e. The van der Waals surface area contributed by atoms with Crippen LogP contribution in [0.3, 0.4) is 0 Å². The minimum atomic E-state index is -2.37. The Morgan fingerprint density at radius 1 is 1.11 bits per heavy atom. The summed E-state index contributed by atoms with van der Waals surface area (Å²) in [6, 6.07) is 4.51. The maximum absolute atomic E-state index is 12.5. The molecular weight excluding hydrogens is 240 g/mol. The Morgan fingerprint density at radius 3 is 2.44 bits per heavy atom. The lowest BCUT2D eigenvalue weighted by atomic mass is 10.1. The van der Waals surface area contributed by atoms with Gasteiger partial charge in [-0.05, 0) is 31.5 Å². The Hall–Kier alpha value is -1.36. The van der Waals surface area contributed by atoms with E-state index in [0.29, 0.717) is 24.7 Å². The molecule has 0 aromatic heterocycles. The Labute approximate surface area is 105 Å². The van der Waals surface area contributed by atoms with Crippen LogP contribution in [0.15, 0.2) is 18.2 Å². The van der Waals surface area contributed by atoms with Crippen molar-refractivity contribution >= 4 is 0 Å². The zero-order valence-corrected chi connectivity index (χ0v) is 10.5. The van der Waals surface area contributed by atoms with Crippen LogP contribution in [0, 0.1) is 0 Å². The van der Waals surface area contributed by atoms with E-state index in [1.54, 1.807) is 0 Å². The maximum atomic E-state index is 12.5. The molecule has 0 aliphatic carbocycles. The molecule has 1 aliphatic heterocycles. The molecule has 100 valence electrons. The van der Waals surface area contributed by atoms with Gasteiger partial charge >= 0.3 is 0 Å². The zero-order chi connectivity index (χ0) is 13.1. The molecule has 2 atom stereocenters. The van der Waals surface area contributed by atoms with E-state index in [0.717, 1.165) is 5.56 Å². The third-order valence-corrected chi connectivity index (χ3v) is 2.96. The molecule has 0 saturated heterocycles. The molecule has 1 aliphatic rings. The van der Waals surface area contributed by atoms with Gasteiger partial charge in [0.15, 0.2) is 11.5 Å². The van der Waals surface area contributed by atoms with Crippen molar-refractivity contribution in [2.45, 2.75) is 32.4 Å². The van der Waals surface area contributed by atoms with Gasteiger partial charge in [-0.25, -0.2) is 8.78 Å². The van der Waals surface area contributed by atoms with Crippen LogP contribution in [0.4, 0.5) is 8.78 Å². The highest BCUT2D eigenvalue weighted by molar-refractivity contribution is 5.44. The number of halogens is 2. The van der Waals surface area contributed by atoms with Crippen LogP contribution in [0.2, 0.25) is 0 Å². The average Bonchev–Trinajstić information content (AvgIpc) is 2.37. The van der Waals surface area contributed by atoms with Gasteiger partial charge in [-0.1, -0.05) is 6.07 Å². The zero-order valence-electron chi connectivity index (χ0n) is 10.5. The molecule has 2 unspecified atom stereocenters. The molecule has 1 heterocycles. The van der Waals surface area contributed by atoms with Crippen molar-refractivity contribution in [3.8, 4) is 11.5 Å². The number of benzene rings is 1. The SMILES string of the molecule is CC(NC(C)C(F)F)c1ccc2c(c1)OCCO2. The molecule has 0 amide bonds. The van der Waals surface area contributed by atoms with E-state index in [-0.39, 0.29) is 6.04 Å². The van der Waals surface area contributed by atoms with Crippen LogP contribution in [-0.4, -0.2) is 25.7 Å². The monoisotopic (exact) mass is 257 g/mol. The highest BCUT2D eigenvalue weighted by atomic mass is 19.3. The van der Waals surface area contributed by atoms with E-state index in [1.165, 1.54) is 6.92 Å². The topological polar surface area (TPSA) is 30.5 Å². The molecule has 0 saturated carbocycles. The number of hydrogen-bond donors (Lipinski definition) is 1. The van der Waals surface area contributed by atoms with Crippen molar-refractivity contribution in [3.63, 3.8) is 0 Å². The van der Waals surface area contributed by atoms with Crippen molar-refractivity contribution < 1.29 is 18.3 Å². The number of alkyl halides is 2. The Kier molecular flexibility index (Phi) is 4.01. The first-order valence-corrected chi connectivity index (χ1v) is 6.01. The average molecular weight is 257 g/mol. The number of ether oxygens (including phenoxy) is 2. The van der Waals surface area contributed by atoms with Gasteiger partial charge in [-0.2, -0.15) is 0 Å². The van der Waals surface area contributed by atoms with Crippen molar-refractivity contribution in [3.05, 3.63) is 23.8 Å². The second-order valence-corrected chi connectivity index (χ2v) is 4.41. The molecule has 0 spiro atoms. The lowest BCUT2D eigenvalue weighted by Gasteiger charge is -2.23. The Bertz CT molecular complexity index is 412. The summed E-state index contributed by atoms with van der Waals surface area (Å²) in [5.41, 5.74) is 0.909. The van der Waals surface area contributed by atoms with Gasteiger partial charge in [0.2, 0.25) is 0 Å². The number of nitrogens with one attached hydrogen (secondary N) is 1. The van der Waals surface area contributed by atoms with E-state index < -0.39 is 12.5 Å². The van der Waals surface area contributed by atoms with Gasteiger partial charge in [0, 0.05) is 6.04 Å². The van der Waals surface area contributed by atoms with E-state index in [4.69, 9.17) is 9.47 Å². The minimum Gasteiger partial charge on any atom is -0.486 e.